The highest BCUT2D eigenvalue weighted by molar-refractivity contribution is 9.10. The maximum absolute atomic E-state index is 13.0. The number of amides is 1. The first kappa shape index (κ1) is 21.5. The van der Waals surface area contributed by atoms with E-state index in [4.69, 9.17) is 0 Å². The molecule has 2 heterocycles. The number of aliphatic hydroxyl groups excluding tert-OH is 1. The second-order valence-corrected chi connectivity index (χ2v) is 9.04. The zero-order valence-corrected chi connectivity index (χ0v) is 19.6. The molecule has 0 aliphatic carbocycles. The number of imidazole rings is 1. The Morgan fingerprint density at radius 2 is 1.61 bits per heavy atom. The van der Waals surface area contributed by atoms with E-state index in [2.05, 4.69) is 36.8 Å². The minimum atomic E-state index is -0.670. The van der Waals surface area contributed by atoms with Gasteiger partial charge in [0, 0.05) is 40.0 Å². The molecule has 1 unspecified atom stereocenters. The molecule has 0 radical (unpaired) electrons. The van der Waals surface area contributed by atoms with Gasteiger partial charge in [-0.1, -0.05) is 56.1 Å². The maximum Gasteiger partial charge on any atom is 0.295 e. The Bertz CT molecular complexity index is 1120. The number of carbonyl (C=O) groups is 2. The van der Waals surface area contributed by atoms with Gasteiger partial charge in [-0.3, -0.25) is 9.59 Å². The first-order chi connectivity index (χ1) is 15.0. The number of ketones is 1. The van der Waals surface area contributed by atoms with Crippen LogP contribution in [0.25, 0.3) is 5.76 Å². The van der Waals surface area contributed by atoms with E-state index >= 15 is 0 Å². The lowest BCUT2D eigenvalue weighted by molar-refractivity contribution is -0.139. The van der Waals surface area contributed by atoms with Crippen molar-refractivity contribution < 1.29 is 14.7 Å². The number of hydrogen-bond donors (Lipinski definition) is 1. The molecule has 1 aliphatic heterocycles. The molecule has 1 atom stereocenters. The van der Waals surface area contributed by atoms with Crippen molar-refractivity contribution in [2.75, 3.05) is 6.54 Å². The molecule has 0 bridgehead atoms. The van der Waals surface area contributed by atoms with Crippen molar-refractivity contribution in [1.29, 1.82) is 0 Å². The lowest BCUT2D eigenvalue weighted by Crippen LogP contribution is -2.31. The van der Waals surface area contributed by atoms with E-state index in [9.17, 15) is 14.7 Å². The van der Waals surface area contributed by atoms with Crippen molar-refractivity contribution in [1.82, 2.24) is 14.5 Å². The number of nitrogens with zero attached hydrogens (tertiary/aromatic N) is 3. The van der Waals surface area contributed by atoms with Crippen LogP contribution in [0.5, 0.6) is 0 Å². The van der Waals surface area contributed by atoms with Crippen LogP contribution in [0.3, 0.4) is 0 Å². The average molecular weight is 545 g/mol. The van der Waals surface area contributed by atoms with Crippen molar-refractivity contribution >= 4 is 49.3 Å². The monoisotopic (exact) mass is 543 g/mol. The second kappa shape index (κ2) is 9.20. The highest BCUT2D eigenvalue weighted by Gasteiger charge is 2.45. The van der Waals surface area contributed by atoms with Gasteiger partial charge in [0.05, 0.1) is 17.9 Å². The summed E-state index contributed by atoms with van der Waals surface area (Å²) in [6.45, 7) is 1.05. The molecule has 6 nitrogen and oxygen atoms in total. The van der Waals surface area contributed by atoms with Gasteiger partial charge in [-0.15, -0.1) is 0 Å². The van der Waals surface area contributed by atoms with E-state index in [1.807, 2.05) is 35.0 Å². The number of carbonyl (C=O) groups excluding carboxylic acids is 2. The van der Waals surface area contributed by atoms with E-state index in [0.717, 1.165) is 14.5 Å². The molecular formula is C23H19Br2N3O3. The Labute approximate surface area is 196 Å². The number of rotatable bonds is 6. The maximum atomic E-state index is 13.0. The summed E-state index contributed by atoms with van der Waals surface area (Å²) in [5, 5.41) is 11.0. The molecular weight excluding hydrogens is 526 g/mol. The van der Waals surface area contributed by atoms with Crippen molar-refractivity contribution in [3.63, 3.8) is 0 Å². The third kappa shape index (κ3) is 4.50. The van der Waals surface area contributed by atoms with Crippen LogP contribution < -0.4 is 0 Å². The van der Waals surface area contributed by atoms with Gasteiger partial charge in [-0.05, 0) is 36.2 Å². The number of benzene rings is 2. The number of aromatic nitrogens is 2. The van der Waals surface area contributed by atoms with Gasteiger partial charge < -0.3 is 14.6 Å². The molecule has 3 aromatic rings. The normalized spacial score (nSPS) is 18.0. The molecule has 1 saturated heterocycles. The Balaban J connectivity index is 1.72. The first-order valence-corrected chi connectivity index (χ1v) is 11.3. The molecule has 1 N–H and O–H groups in total. The summed E-state index contributed by atoms with van der Waals surface area (Å²) in [4.78, 5) is 31.5. The predicted octanol–water partition coefficient (Wildman–Crippen LogP) is 4.92. The molecule has 0 spiro atoms. The van der Waals surface area contributed by atoms with E-state index in [1.54, 1.807) is 41.7 Å². The number of aliphatic hydroxyl groups is 1. The molecule has 4 rings (SSSR count). The molecule has 31 heavy (non-hydrogen) atoms. The third-order valence-electron chi connectivity index (χ3n) is 5.22. The smallest absolute Gasteiger partial charge is 0.295 e. The second-order valence-electron chi connectivity index (χ2n) is 7.20. The SMILES string of the molecule is O=C1C(=O)N(CCCn2ccnc2)C(c2ccc(Br)cc2)/C1=C(/O)c1ccc(Br)cc1. The minimum absolute atomic E-state index is 0.109. The highest BCUT2D eigenvalue weighted by Crippen LogP contribution is 2.39. The van der Waals surface area contributed by atoms with Gasteiger partial charge in [-0.2, -0.15) is 0 Å². The van der Waals surface area contributed by atoms with Crippen LogP contribution in [0.4, 0.5) is 0 Å². The fraction of sp³-hybridized carbons (Fsp3) is 0.174. The lowest BCUT2D eigenvalue weighted by Gasteiger charge is -2.25. The van der Waals surface area contributed by atoms with Crippen LogP contribution in [0.15, 0.2) is 81.8 Å². The van der Waals surface area contributed by atoms with E-state index in [-0.39, 0.29) is 11.3 Å². The van der Waals surface area contributed by atoms with Crippen LogP contribution in [0.1, 0.15) is 23.6 Å². The summed E-state index contributed by atoms with van der Waals surface area (Å²) in [5.41, 5.74) is 1.36. The van der Waals surface area contributed by atoms with Crippen molar-refractivity contribution in [2.24, 2.45) is 0 Å². The zero-order valence-electron chi connectivity index (χ0n) is 16.4. The molecule has 1 aliphatic rings. The summed E-state index contributed by atoms with van der Waals surface area (Å²) < 4.78 is 3.67. The quantitative estimate of drug-likeness (QED) is 0.271. The van der Waals surface area contributed by atoms with E-state index in [0.29, 0.717) is 25.1 Å². The highest BCUT2D eigenvalue weighted by atomic mass is 79.9. The van der Waals surface area contributed by atoms with Crippen molar-refractivity contribution in [3.05, 3.63) is 92.9 Å². The molecule has 2 aromatic carbocycles. The Morgan fingerprint density at radius 3 is 2.23 bits per heavy atom. The molecule has 158 valence electrons. The third-order valence-corrected chi connectivity index (χ3v) is 6.28. The molecule has 1 aromatic heterocycles. The standard InChI is InChI=1S/C23H19Br2N3O3/c24-17-6-2-15(3-7-17)20-19(21(29)16-4-8-18(25)9-5-16)22(30)23(31)28(20)12-1-11-27-13-10-26-14-27/h2-10,13-14,20,29H,1,11-12H2/b21-19-. The first-order valence-electron chi connectivity index (χ1n) is 9.71. The van der Waals surface area contributed by atoms with Gasteiger partial charge in [0.25, 0.3) is 11.7 Å². The average Bonchev–Trinajstić information content (AvgIpc) is 3.37. The Kier molecular flexibility index (Phi) is 6.38. The number of Topliss-reactive ketones (excluding diaryl/α,β-unsaturated/α-hetero) is 1. The molecule has 8 heteroatoms. The minimum Gasteiger partial charge on any atom is -0.507 e. The van der Waals surface area contributed by atoms with Crippen LogP contribution >= 0.6 is 31.9 Å². The Morgan fingerprint density at radius 1 is 0.968 bits per heavy atom. The van der Waals surface area contributed by atoms with Gasteiger partial charge >= 0.3 is 0 Å². The summed E-state index contributed by atoms with van der Waals surface area (Å²) in [6.07, 6.45) is 5.92. The summed E-state index contributed by atoms with van der Waals surface area (Å²) in [7, 11) is 0. The zero-order chi connectivity index (χ0) is 22.0. The van der Waals surface area contributed by atoms with Crippen LogP contribution in [-0.4, -0.2) is 37.8 Å². The van der Waals surface area contributed by atoms with Crippen molar-refractivity contribution in [3.8, 4) is 0 Å². The van der Waals surface area contributed by atoms with Gasteiger partial charge in [0.1, 0.15) is 5.76 Å². The number of likely N-dealkylation sites (tertiary alicyclic amines) is 1. The molecule has 1 fully saturated rings. The van der Waals surface area contributed by atoms with E-state index < -0.39 is 17.7 Å². The summed E-state index contributed by atoms with van der Waals surface area (Å²) in [6, 6.07) is 13.8. The molecule has 0 saturated carbocycles. The Hall–Kier alpha value is -2.71. The fourth-order valence-electron chi connectivity index (χ4n) is 3.71. The largest absolute Gasteiger partial charge is 0.507 e. The van der Waals surface area contributed by atoms with Crippen LogP contribution in [0.2, 0.25) is 0 Å². The van der Waals surface area contributed by atoms with Crippen molar-refractivity contribution in [2.45, 2.75) is 19.0 Å². The summed E-state index contributed by atoms with van der Waals surface area (Å²) >= 11 is 6.79. The van der Waals surface area contributed by atoms with Gasteiger partial charge in [-0.25, -0.2) is 4.98 Å². The predicted molar refractivity (Wildman–Crippen MR) is 124 cm³/mol. The lowest BCUT2D eigenvalue weighted by atomic mass is 9.95. The summed E-state index contributed by atoms with van der Waals surface area (Å²) in [5.74, 6) is -1.44. The van der Waals surface area contributed by atoms with Crippen LogP contribution in [0, 0.1) is 0 Å². The number of hydrogen-bond acceptors (Lipinski definition) is 4. The molecule has 1 amide bonds. The van der Waals surface area contributed by atoms with E-state index in [1.165, 1.54) is 0 Å². The number of halogens is 2. The topological polar surface area (TPSA) is 75.4 Å². The van der Waals surface area contributed by atoms with Crippen LogP contribution in [-0.2, 0) is 16.1 Å². The van der Waals surface area contributed by atoms with Gasteiger partial charge in [0.2, 0.25) is 0 Å². The number of aryl methyl sites for hydroxylation is 1. The fourth-order valence-corrected chi connectivity index (χ4v) is 4.24. The van der Waals surface area contributed by atoms with Gasteiger partial charge in [0.15, 0.2) is 0 Å².